The van der Waals surface area contributed by atoms with Crippen molar-refractivity contribution in [2.24, 2.45) is 0 Å². The molecule has 92 valence electrons. The normalized spacial score (nSPS) is 13.3. The molecule has 0 saturated heterocycles. The van der Waals surface area contributed by atoms with Gasteiger partial charge in [-0.1, -0.05) is 18.5 Å². The summed E-state index contributed by atoms with van der Waals surface area (Å²) in [5.41, 5.74) is 0. The van der Waals surface area contributed by atoms with Crippen molar-refractivity contribution in [3.63, 3.8) is 0 Å². The molecule has 2 nitrogen and oxygen atoms in total. The molecule has 1 atom stereocenters. The smallest absolute Gasteiger partial charge is 0.0931 e. The fourth-order valence-electron chi connectivity index (χ4n) is 1.68. The Morgan fingerprint density at radius 2 is 2.19 bits per heavy atom. The predicted molar refractivity (Wildman–Crippen MR) is 73.7 cm³/mol. The molecular weight excluding hydrogens is 240 g/mol. The minimum Gasteiger partial charge on any atom is -0.314 e. The Hall–Kier alpha value is -0.0900. The van der Waals surface area contributed by atoms with Crippen LogP contribution in [-0.2, 0) is 6.42 Å². The number of thiophene rings is 1. The Labute approximate surface area is 108 Å². The molecule has 0 amide bonds. The summed E-state index contributed by atoms with van der Waals surface area (Å²) in [6, 6.07) is 4.67. The maximum atomic E-state index is 5.94. The number of nitrogens with zero attached hydrogens (tertiary/aromatic N) is 1. The number of rotatable bonds is 7. The summed E-state index contributed by atoms with van der Waals surface area (Å²) in [7, 11) is 4.23. The van der Waals surface area contributed by atoms with Gasteiger partial charge in [0.25, 0.3) is 0 Å². The van der Waals surface area contributed by atoms with Gasteiger partial charge in [-0.15, -0.1) is 11.3 Å². The largest absolute Gasteiger partial charge is 0.314 e. The number of hydrogen-bond donors (Lipinski definition) is 1. The highest BCUT2D eigenvalue weighted by Crippen LogP contribution is 2.23. The van der Waals surface area contributed by atoms with Crippen LogP contribution < -0.4 is 5.32 Å². The third kappa shape index (κ3) is 5.30. The third-order valence-corrected chi connectivity index (χ3v) is 3.75. The molecule has 1 aromatic rings. The zero-order chi connectivity index (χ0) is 12.0. The first-order chi connectivity index (χ1) is 7.61. The molecule has 16 heavy (non-hydrogen) atoms. The van der Waals surface area contributed by atoms with E-state index in [2.05, 4.69) is 37.3 Å². The van der Waals surface area contributed by atoms with Crippen molar-refractivity contribution < 1.29 is 0 Å². The molecule has 1 rings (SSSR count). The van der Waals surface area contributed by atoms with E-state index in [9.17, 15) is 0 Å². The van der Waals surface area contributed by atoms with Crippen LogP contribution in [0.25, 0.3) is 0 Å². The number of likely N-dealkylation sites (N-methyl/N-ethyl adjacent to an activating group) is 1. The average Bonchev–Trinajstić information content (AvgIpc) is 2.61. The number of halogens is 1. The van der Waals surface area contributed by atoms with E-state index in [1.807, 2.05) is 6.07 Å². The molecule has 0 spiro atoms. The van der Waals surface area contributed by atoms with Crippen LogP contribution in [0.3, 0.4) is 0 Å². The Morgan fingerprint density at radius 1 is 1.44 bits per heavy atom. The van der Waals surface area contributed by atoms with Gasteiger partial charge in [0.1, 0.15) is 0 Å². The lowest BCUT2D eigenvalue weighted by atomic mass is 10.1. The highest BCUT2D eigenvalue weighted by atomic mass is 35.5. The number of hydrogen-bond acceptors (Lipinski definition) is 3. The Kier molecular flexibility index (Phi) is 6.36. The second-order valence-corrected chi connectivity index (χ2v) is 6.06. The molecule has 0 aliphatic heterocycles. The Morgan fingerprint density at radius 3 is 2.69 bits per heavy atom. The van der Waals surface area contributed by atoms with Gasteiger partial charge in [-0.05, 0) is 52.2 Å². The molecule has 0 aliphatic carbocycles. The standard InChI is InChI=1S/C12H21ClN2S/c1-4-14-10(7-8-15(2)3)9-11-5-6-12(13)16-11/h5-6,10,14H,4,7-9H2,1-3H3. The van der Waals surface area contributed by atoms with Gasteiger partial charge in [0.15, 0.2) is 0 Å². The molecule has 1 heterocycles. The van der Waals surface area contributed by atoms with Crippen molar-refractivity contribution in [1.82, 2.24) is 10.2 Å². The fraction of sp³-hybridized carbons (Fsp3) is 0.667. The summed E-state index contributed by atoms with van der Waals surface area (Å²) >= 11 is 7.63. The maximum Gasteiger partial charge on any atom is 0.0931 e. The van der Waals surface area contributed by atoms with Crippen LogP contribution in [0.2, 0.25) is 4.34 Å². The van der Waals surface area contributed by atoms with Crippen LogP contribution in [0.15, 0.2) is 12.1 Å². The minimum atomic E-state index is 0.558. The number of nitrogens with one attached hydrogen (secondary N) is 1. The van der Waals surface area contributed by atoms with E-state index < -0.39 is 0 Å². The van der Waals surface area contributed by atoms with Crippen LogP contribution in [0.4, 0.5) is 0 Å². The third-order valence-electron chi connectivity index (χ3n) is 2.49. The van der Waals surface area contributed by atoms with Gasteiger partial charge in [0.05, 0.1) is 4.34 Å². The van der Waals surface area contributed by atoms with Crippen molar-refractivity contribution in [2.45, 2.75) is 25.8 Å². The molecule has 0 aromatic carbocycles. The topological polar surface area (TPSA) is 15.3 Å². The van der Waals surface area contributed by atoms with Gasteiger partial charge in [-0.3, -0.25) is 0 Å². The van der Waals surface area contributed by atoms with Crippen molar-refractivity contribution in [2.75, 3.05) is 27.2 Å². The van der Waals surface area contributed by atoms with E-state index >= 15 is 0 Å². The van der Waals surface area contributed by atoms with Gasteiger partial charge in [-0.25, -0.2) is 0 Å². The molecule has 4 heteroatoms. The zero-order valence-corrected chi connectivity index (χ0v) is 11.9. The molecule has 0 fully saturated rings. The van der Waals surface area contributed by atoms with Crippen molar-refractivity contribution >= 4 is 22.9 Å². The summed E-state index contributed by atoms with van der Waals surface area (Å²) in [5, 5.41) is 3.53. The molecule has 0 saturated carbocycles. The monoisotopic (exact) mass is 260 g/mol. The van der Waals surface area contributed by atoms with E-state index in [4.69, 9.17) is 11.6 Å². The van der Waals surface area contributed by atoms with Crippen LogP contribution in [0.5, 0.6) is 0 Å². The highest BCUT2D eigenvalue weighted by molar-refractivity contribution is 7.16. The summed E-state index contributed by atoms with van der Waals surface area (Å²) < 4.78 is 0.887. The van der Waals surface area contributed by atoms with Gasteiger partial charge in [0, 0.05) is 10.9 Å². The van der Waals surface area contributed by atoms with Crippen LogP contribution in [0.1, 0.15) is 18.2 Å². The second-order valence-electron chi connectivity index (χ2n) is 4.26. The molecule has 1 aromatic heterocycles. The average molecular weight is 261 g/mol. The Balaban J connectivity index is 2.43. The summed E-state index contributed by atoms with van der Waals surface area (Å²) in [6.45, 7) is 4.30. The van der Waals surface area contributed by atoms with E-state index in [1.54, 1.807) is 11.3 Å². The lowest BCUT2D eigenvalue weighted by Gasteiger charge is -2.19. The molecule has 1 N–H and O–H groups in total. The Bertz CT molecular complexity index is 299. The molecule has 0 bridgehead atoms. The van der Waals surface area contributed by atoms with Crippen LogP contribution in [-0.4, -0.2) is 38.1 Å². The van der Waals surface area contributed by atoms with Gasteiger partial charge in [-0.2, -0.15) is 0 Å². The minimum absolute atomic E-state index is 0.558. The SMILES string of the molecule is CCNC(CCN(C)C)Cc1ccc(Cl)s1. The molecule has 1 unspecified atom stereocenters. The first-order valence-corrected chi connectivity index (χ1v) is 6.93. The fourth-order valence-corrected chi connectivity index (χ4v) is 2.85. The first kappa shape index (κ1) is 14.0. The van der Waals surface area contributed by atoms with Crippen molar-refractivity contribution in [1.29, 1.82) is 0 Å². The lowest BCUT2D eigenvalue weighted by molar-refractivity contribution is 0.359. The molecular formula is C12H21ClN2S. The van der Waals surface area contributed by atoms with E-state index in [-0.39, 0.29) is 0 Å². The lowest BCUT2D eigenvalue weighted by Crippen LogP contribution is -2.33. The predicted octanol–water partition coefficient (Wildman–Crippen LogP) is 2.87. The van der Waals surface area contributed by atoms with Gasteiger partial charge in [0.2, 0.25) is 0 Å². The van der Waals surface area contributed by atoms with E-state index in [1.165, 1.54) is 11.3 Å². The molecule has 0 aliphatic rings. The van der Waals surface area contributed by atoms with E-state index in [0.717, 1.165) is 23.8 Å². The van der Waals surface area contributed by atoms with Gasteiger partial charge >= 0.3 is 0 Å². The van der Waals surface area contributed by atoms with Crippen LogP contribution >= 0.6 is 22.9 Å². The quantitative estimate of drug-likeness (QED) is 0.811. The molecule has 0 radical (unpaired) electrons. The zero-order valence-electron chi connectivity index (χ0n) is 10.3. The van der Waals surface area contributed by atoms with Crippen LogP contribution in [0, 0.1) is 0 Å². The highest BCUT2D eigenvalue weighted by Gasteiger charge is 2.10. The summed E-state index contributed by atoms with van der Waals surface area (Å²) in [6.07, 6.45) is 2.26. The summed E-state index contributed by atoms with van der Waals surface area (Å²) in [5.74, 6) is 0. The maximum absolute atomic E-state index is 5.94. The van der Waals surface area contributed by atoms with Crippen molar-refractivity contribution in [3.8, 4) is 0 Å². The van der Waals surface area contributed by atoms with Crippen molar-refractivity contribution in [3.05, 3.63) is 21.3 Å². The second kappa shape index (κ2) is 7.28. The first-order valence-electron chi connectivity index (χ1n) is 5.74. The van der Waals surface area contributed by atoms with E-state index in [0.29, 0.717) is 6.04 Å². The summed E-state index contributed by atoms with van der Waals surface area (Å²) in [4.78, 5) is 3.60. The van der Waals surface area contributed by atoms with Gasteiger partial charge < -0.3 is 10.2 Å².